The maximum Gasteiger partial charge on any atom is 0.309 e. The van der Waals surface area contributed by atoms with Crippen molar-refractivity contribution in [3.63, 3.8) is 0 Å². The van der Waals surface area contributed by atoms with E-state index in [0.717, 1.165) is 37.2 Å². The van der Waals surface area contributed by atoms with Gasteiger partial charge in [-0.2, -0.15) is 4.37 Å². The summed E-state index contributed by atoms with van der Waals surface area (Å²) in [5, 5.41) is 0. The molecule has 0 radical (unpaired) electrons. The molecule has 1 unspecified atom stereocenters. The molecule has 0 fully saturated rings. The summed E-state index contributed by atoms with van der Waals surface area (Å²) in [5.41, 5.74) is 1.99. The molecule has 0 aliphatic carbocycles. The third-order valence-electron chi connectivity index (χ3n) is 4.44. The van der Waals surface area contributed by atoms with Crippen molar-refractivity contribution in [2.45, 2.75) is 52.4 Å². The fourth-order valence-corrected chi connectivity index (χ4v) is 3.42. The summed E-state index contributed by atoms with van der Waals surface area (Å²) in [5.74, 6) is 0.494. The molecule has 0 aromatic carbocycles. The fourth-order valence-electron chi connectivity index (χ4n) is 2.89. The number of carbonyl (C=O) groups excluding carboxylic acids is 1. The van der Waals surface area contributed by atoms with Gasteiger partial charge in [0.15, 0.2) is 0 Å². The van der Waals surface area contributed by atoms with Crippen LogP contribution < -0.4 is 4.74 Å². The van der Waals surface area contributed by atoms with Crippen molar-refractivity contribution in [2.75, 3.05) is 33.5 Å². The lowest BCUT2D eigenvalue weighted by Gasteiger charge is -2.36. The highest BCUT2D eigenvalue weighted by molar-refractivity contribution is 6.99. The summed E-state index contributed by atoms with van der Waals surface area (Å²) in [6, 6.07) is 0. The van der Waals surface area contributed by atoms with Crippen molar-refractivity contribution in [1.29, 1.82) is 0 Å². The molecule has 7 heteroatoms. The van der Waals surface area contributed by atoms with E-state index in [0.29, 0.717) is 30.1 Å². The molecule has 0 amide bonds. The molecule has 1 aliphatic heterocycles. The van der Waals surface area contributed by atoms with Gasteiger partial charge in [-0.1, -0.05) is 39.2 Å². The Hall–Kier alpha value is -1.47. The monoisotopic (exact) mass is 368 g/mol. The average molecular weight is 369 g/mol. The zero-order valence-electron chi connectivity index (χ0n) is 15.6. The van der Waals surface area contributed by atoms with Gasteiger partial charge in [-0.05, 0) is 6.42 Å². The predicted molar refractivity (Wildman–Crippen MR) is 99.3 cm³/mol. The second-order valence-electron chi connectivity index (χ2n) is 6.85. The van der Waals surface area contributed by atoms with E-state index in [4.69, 9.17) is 9.47 Å². The number of quaternary nitrogens is 1. The number of rotatable bonds is 10. The quantitative estimate of drug-likeness (QED) is 0.358. The highest BCUT2D eigenvalue weighted by Crippen LogP contribution is 2.30. The van der Waals surface area contributed by atoms with E-state index >= 15 is 0 Å². The Kier molecular flexibility index (Phi) is 7.84. The van der Waals surface area contributed by atoms with Crippen molar-refractivity contribution in [1.82, 2.24) is 8.75 Å². The fraction of sp³-hybridized carbons (Fsp3) is 0.722. The molecule has 0 N–H and O–H groups in total. The Morgan fingerprint density at radius 2 is 2.12 bits per heavy atom. The second-order valence-corrected chi connectivity index (χ2v) is 7.37. The van der Waals surface area contributed by atoms with E-state index in [1.807, 2.05) is 6.92 Å². The lowest BCUT2D eigenvalue weighted by Crippen LogP contribution is -2.49. The van der Waals surface area contributed by atoms with Gasteiger partial charge in [-0.15, -0.1) is 4.37 Å². The van der Waals surface area contributed by atoms with Crippen LogP contribution in [0.25, 0.3) is 5.57 Å². The molecule has 140 valence electrons. The molecule has 2 rings (SSSR count). The van der Waals surface area contributed by atoms with Crippen LogP contribution in [0.4, 0.5) is 0 Å². The van der Waals surface area contributed by atoms with Crippen molar-refractivity contribution < 1.29 is 18.8 Å². The lowest BCUT2D eigenvalue weighted by molar-refractivity contribution is -0.919. The van der Waals surface area contributed by atoms with Gasteiger partial charge in [-0.25, -0.2) is 0 Å². The standard InChI is InChI=1S/C18H30N3O3S/c1-4-6-7-8-12-23-18-17(19-25-20-18)15-10-9-11-21(3,13-15)14-24-16(22)5-2/h10H,4-9,11-14H2,1-3H3/q+1. The van der Waals surface area contributed by atoms with Crippen LogP contribution in [0.1, 0.15) is 58.1 Å². The normalized spacial score (nSPS) is 20.2. The summed E-state index contributed by atoms with van der Waals surface area (Å²) in [6.07, 6.45) is 8.24. The number of hydrogen-bond acceptors (Lipinski definition) is 6. The third kappa shape index (κ3) is 6.08. The second kappa shape index (κ2) is 9.87. The van der Waals surface area contributed by atoms with Crippen LogP contribution in [-0.4, -0.2) is 52.7 Å². The van der Waals surface area contributed by atoms with E-state index in [1.165, 1.54) is 31.0 Å². The molecule has 1 aliphatic rings. The number of hydrogen-bond donors (Lipinski definition) is 0. The topological polar surface area (TPSA) is 61.3 Å². The minimum absolute atomic E-state index is 0.151. The minimum Gasteiger partial charge on any atom is -0.475 e. The largest absolute Gasteiger partial charge is 0.475 e. The minimum atomic E-state index is -0.151. The first-order valence-electron chi connectivity index (χ1n) is 9.22. The van der Waals surface area contributed by atoms with Crippen LogP contribution in [0.2, 0.25) is 0 Å². The van der Waals surface area contributed by atoms with Gasteiger partial charge in [0.25, 0.3) is 5.88 Å². The van der Waals surface area contributed by atoms with Gasteiger partial charge in [-0.3, -0.25) is 9.28 Å². The van der Waals surface area contributed by atoms with E-state index in [-0.39, 0.29) is 5.97 Å². The van der Waals surface area contributed by atoms with E-state index in [9.17, 15) is 4.79 Å². The summed E-state index contributed by atoms with van der Waals surface area (Å²) in [7, 11) is 2.11. The van der Waals surface area contributed by atoms with Crippen molar-refractivity contribution >= 4 is 23.3 Å². The van der Waals surface area contributed by atoms with Gasteiger partial charge < -0.3 is 9.47 Å². The molecule has 2 heterocycles. The summed E-state index contributed by atoms with van der Waals surface area (Å²) in [6.45, 7) is 6.82. The number of aromatic nitrogens is 2. The van der Waals surface area contributed by atoms with E-state index in [1.54, 1.807) is 0 Å². The first-order valence-corrected chi connectivity index (χ1v) is 9.95. The number of likely N-dealkylation sites (N-methyl/N-ethyl adjacent to an activating group) is 1. The van der Waals surface area contributed by atoms with Crippen LogP contribution in [0.3, 0.4) is 0 Å². The highest BCUT2D eigenvalue weighted by atomic mass is 32.1. The molecular formula is C18H30N3O3S+. The molecule has 1 aromatic heterocycles. The summed E-state index contributed by atoms with van der Waals surface area (Å²) >= 11 is 1.19. The van der Waals surface area contributed by atoms with Crippen LogP contribution in [0.5, 0.6) is 5.88 Å². The van der Waals surface area contributed by atoms with Gasteiger partial charge >= 0.3 is 5.97 Å². The van der Waals surface area contributed by atoms with Gasteiger partial charge in [0.2, 0.25) is 6.73 Å². The molecule has 6 nitrogen and oxygen atoms in total. The maximum absolute atomic E-state index is 11.5. The lowest BCUT2D eigenvalue weighted by atomic mass is 10.1. The molecule has 0 bridgehead atoms. The molecule has 25 heavy (non-hydrogen) atoms. The van der Waals surface area contributed by atoms with E-state index < -0.39 is 0 Å². The number of unbranched alkanes of at least 4 members (excludes halogenated alkanes) is 3. The molecule has 1 aromatic rings. The molecule has 0 saturated carbocycles. The third-order valence-corrected chi connectivity index (χ3v) is 4.95. The Labute approximate surface area is 154 Å². The Morgan fingerprint density at radius 1 is 1.28 bits per heavy atom. The molecule has 0 saturated heterocycles. The Morgan fingerprint density at radius 3 is 2.88 bits per heavy atom. The van der Waals surface area contributed by atoms with Crippen molar-refractivity contribution in [3.05, 3.63) is 11.8 Å². The number of ether oxygens (including phenoxy) is 2. The van der Waals surface area contributed by atoms with E-state index in [2.05, 4.69) is 28.8 Å². The molecule has 0 spiro atoms. The number of nitrogens with zero attached hydrogens (tertiary/aromatic N) is 3. The first kappa shape index (κ1) is 19.8. The Balaban J connectivity index is 1.93. The van der Waals surface area contributed by atoms with Crippen LogP contribution in [-0.2, 0) is 9.53 Å². The van der Waals surface area contributed by atoms with Crippen molar-refractivity contribution in [3.8, 4) is 5.88 Å². The number of esters is 1. The average Bonchev–Trinajstić information content (AvgIpc) is 3.08. The van der Waals surface area contributed by atoms with Gasteiger partial charge in [0.1, 0.15) is 12.2 Å². The zero-order chi connectivity index (χ0) is 18.1. The molecule has 1 atom stereocenters. The summed E-state index contributed by atoms with van der Waals surface area (Å²) in [4.78, 5) is 11.5. The smallest absolute Gasteiger partial charge is 0.309 e. The van der Waals surface area contributed by atoms with Crippen LogP contribution >= 0.6 is 11.7 Å². The SMILES string of the molecule is CCCCCCOc1nsnc1C1=CCC[N+](C)(COC(=O)CC)C1. The van der Waals surface area contributed by atoms with Crippen LogP contribution in [0.15, 0.2) is 6.08 Å². The van der Waals surface area contributed by atoms with Gasteiger partial charge in [0, 0.05) is 18.4 Å². The first-order chi connectivity index (χ1) is 12.1. The highest BCUT2D eigenvalue weighted by Gasteiger charge is 2.31. The van der Waals surface area contributed by atoms with Gasteiger partial charge in [0.05, 0.1) is 31.9 Å². The van der Waals surface area contributed by atoms with Crippen LogP contribution in [0, 0.1) is 0 Å². The molecular weight excluding hydrogens is 338 g/mol. The zero-order valence-corrected chi connectivity index (χ0v) is 16.4. The Bertz CT molecular complexity index is 588. The predicted octanol–water partition coefficient (Wildman–Crippen LogP) is 3.64. The number of carbonyl (C=O) groups is 1. The van der Waals surface area contributed by atoms with Crippen molar-refractivity contribution in [2.24, 2.45) is 0 Å². The maximum atomic E-state index is 11.5. The summed E-state index contributed by atoms with van der Waals surface area (Å²) < 4.78 is 20.7.